The first kappa shape index (κ1) is 13.5. The van der Waals surface area contributed by atoms with Crippen LogP contribution in [0.25, 0.3) is 0 Å². The quantitative estimate of drug-likeness (QED) is 0.640. The Balaban J connectivity index is 2.03. The number of carbonyl (C=O) groups excluding carboxylic acids is 2. The van der Waals surface area contributed by atoms with Gasteiger partial charge in [0.05, 0.1) is 27.6 Å². The Morgan fingerprint density at radius 3 is 1.90 bits per heavy atom. The van der Waals surface area contributed by atoms with Crippen LogP contribution in [-0.4, -0.2) is 16.9 Å². The molecule has 1 aliphatic carbocycles. The topological polar surface area (TPSA) is 57.6 Å². The Kier molecular flexibility index (Phi) is 3.22. The summed E-state index contributed by atoms with van der Waals surface area (Å²) in [6.45, 7) is 0. The van der Waals surface area contributed by atoms with Crippen molar-refractivity contribution in [1.29, 1.82) is 0 Å². The number of hydrogen-bond donors (Lipinski definition) is 1. The van der Waals surface area contributed by atoms with Crippen molar-refractivity contribution in [3.8, 4) is 5.75 Å². The van der Waals surface area contributed by atoms with Gasteiger partial charge in [0.25, 0.3) is 0 Å². The zero-order valence-electron chi connectivity index (χ0n) is 10.3. The Morgan fingerprint density at radius 1 is 1.00 bits per heavy atom. The van der Waals surface area contributed by atoms with E-state index >= 15 is 0 Å². The smallest absolute Gasteiger partial charge is 0.238 e. The molecular formula is C14H11Cl2NO3. The van der Waals surface area contributed by atoms with Crippen LogP contribution in [0.2, 0.25) is 10.0 Å². The average Bonchev–Trinajstić information content (AvgIpc) is 2.68. The predicted octanol–water partition coefficient (Wildman–Crippen LogP) is 3.15. The number of amides is 2. The zero-order chi connectivity index (χ0) is 14.4. The van der Waals surface area contributed by atoms with Crippen molar-refractivity contribution in [3.63, 3.8) is 0 Å². The van der Waals surface area contributed by atoms with Gasteiger partial charge in [-0.05, 0) is 25.0 Å². The lowest BCUT2D eigenvalue weighted by molar-refractivity contribution is -0.122. The lowest BCUT2D eigenvalue weighted by Gasteiger charge is -2.16. The van der Waals surface area contributed by atoms with Crippen LogP contribution in [0.3, 0.4) is 0 Å². The highest BCUT2D eigenvalue weighted by Gasteiger charge is 2.48. The van der Waals surface area contributed by atoms with Crippen LogP contribution < -0.4 is 4.90 Å². The van der Waals surface area contributed by atoms with Crippen LogP contribution in [0, 0.1) is 11.8 Å². The molecule has 1 aromatic rings. The highest BCUT2D eigenvalue weighted by atomic mass is 35.5. The van der Waals surface area contributed by atoms with E-state index in [0.29, 0.717) is 18.5 Å². The number of fused-ring (bicyclic) bond motifs is 1. The van der Waals surface area contributed by atoms with E-state index in [0.717, 1.165) is 4.90 Å². The molecule has 2 atom stereocenters. The summed E-state index contributed by atoms with van der Waals surface area (Å²) in [5.74, 6) is -1.34. The third-order valence-corrected chi connectivity index (χ3v) is 4.34. The van der Waals surface area contributed by atoms with E-state index in [1.807, 2.05) is 12.2 Å². The van der Waals surface area contributed by atoms with Crippen LogP contribution in [0.1, 0.15) is 12.8 Å². The summed E-state index contributed by atoms with van der Waals surface area (Å²) in [5.41, 5.74) is 0.308. The minimum Gasteiger partial charge on any atom is -0.505 e. The molecular weight excluding hydrogens is 301 g/mol. The number of hydrogen-bond acceptors (Lipinski definition) is 3. The molecule has 0 unspecified atom stereocenters. The van der Waals surface area contributed by atoms with Crippen molar-refractivity contribution in [3.05, 3.63) is 34.3 Å². The Labute approximate surface area is 125 Å². The van der Waals surface area contributed by atoms with Crippen molar-refractivity contribution >= 4 is 40.7 Å². The van der Waals surface area contributed by atoms with Crippen molar-refractivity contribution in [1.82, 2.24) is 0 Å². The summed E-state index contributed by atoms with van der Waals surface area (Å²) >= 11 is 11.7. The first-order valence-corrected chi connectivity index (χ1v) is 6.97. The van der Waals surface area contributed by atoms with Crippen molar-refractivity contribution in [2.45, 2.75) is 12.8 Å². The van der Waals surface area contributed by atoms with Crippen molar-refractivity contribution < 1.29 is 14.7 Å². The van der Waals surface area contributed by atoms with Crippen molar-refractivity contribution in [2.24, 2.45) is 11.8 Å². The number of benzene rings is 1. The van der Waals surface area contributed by atoms with Gasteiger partial charge in [0.2, 0.25) is 11.8 Å². The number of nitrogens with zero attached hydrogens (tertiary/aromatic N) is 1. The lowest BCUT2D eigenvalue weighted by atomic mass is 9.85. The lowest BCUT2D eigenvalue weighted by Crippen LogP contribution is -2.30. The van der Waals surface area contributed by atoms with Crippen LogP contribution in [0.5, 0.6) is 5.75 Å². The summed E-state index contributed by atoms with van der Waals surface area (Å²) in [6.07, 6.45) is 5.00. The summed E-state index contributed by atoms with van der Waals surface area (Å²) < 4.78 is 0. The molecule has 0 spiro atoms. The second kappa shape index (κ2) is 4.79. The summed E-state index contributed by atoms with van der Waals surface area (Å²) in [7, 11) is 0. The number of aromatic hydroxyl groups is 1. The molecule has 1 saturated heterocycles. The van der Waals surface area contributed by atoms with Crippen LogP contribution in [0.4, 0.5) is 5.69 Å². The van der Waals surface area contributed by atoms with Crippen molar-refractivity contribution in [2.75, 3.05) is 4.90 Å². The first-order chi connectivity index (χ1) is 9.50. The highest BCUT2D eigenvalue weighted by Crippen LogP contribution is 2.41. The molecule has 0 bridgehead atoms. The van der Waals surface area contributed by atoms with Gasteiger partial charge in [-0.15, -0.1) is 0 Å². The molecule has 1 aliphatic heterocycles. The number of phenols is 1. The standard InChI is InChI=1S/C14H11Cl2NO3/c15-10-5-7(6-11(16)12(10)18)17-13(19)8-3-1-2-4-9(8)14(17)20/h1-2,5-6,8-9,18H,3-4H2/t8-,9+. The van der Waals surface area contributed by atoms with Gasteiger partial charge in [-0.2, -0.15) is 0 Å². The molecule has 3 rings (SSSR count). The summed E-state index contributed by atoms with van der Waals surface area (Å²) in [4.78, 5) is 25.9. The zero-order valence-corrected chi connectivity index (χ0v) is 11.9. The van der Waals surface area contributed by atoms with Gasteiger partial charge in [0.15, 0.2) is 5.75 Å². The van der Waals surface area contributed by atoms with Gasteiger partial charge >= 0.3 is 0 Å². The normalized spacial score (nSPS) is 25.2. The molecule has 1 fully saturated rings. The van der Waals surface area contributed by atoms with Gasteiger partial charge < -0.3 is 5.11 Å². The minimum absolute atomic E-state index is 0.0149. The molecule has 6 heteroatoms. The van der Waals surface area contributed by atoms with Crippen LogP contribution in [-0.2, 0) is 9.59 Å². The van der Waals surface area contributed by atoms with E-state index in [4.69, 9.17) is 23.2 Å². The molecule has 2 aliphatic rings. The van der Waals surface area contributed by atoms with Crippen LogP contribution >= 0.6 is 23.2 Å². The molecule has 104 valence electrons. The number of carbonyl (C=O) groups is 2. The first-order valence-electron chi connectivity index (χ1n) is 6.21. The Morgan fingerprint density at radius 2 is 1.45 bits per heavy atom. The van der Waals surface area contributed by atoms with E-state index in [1.165, 1.54) is 12.1 Å². The number of imide groups is 1. The van der Waals surface area contributed by atoms with Gasteiger partial charge in [-0.1, -0.05) is 35.4 Å². The molecule has 1 aromatic carbocycles. The third-order valence-electron chi connectivity index (χ3n) is 3.77. The summed E-state index contributed by atoms with van der Waals surface area (Å²) in [6, 6.07) is 2.76. The number of halogens is 2. The SMILES string of the molecule is O=C1[C@H]2CC=CC[C@H]2C(=O)N1c1cc(Cl)c(O)c(Cl)c1. The summed E-state index contributed by atoms with van der Waals surface area (Å²) in [5, 5.41) is 9.58. The fraction of sp³-hybridized carbons (Fsp3) is 0.286. The Hall–Kier alpha value is -1.52. The van der Waals surface area contributed by atoms with E-state index in [1.54, 1.807) is 0 Å². The molecule has 1 heterocycles. The van der Waals surface area contributed by atoms with E-state index in [-0.39, 0.29) is 39.4 Å². The number of phenolic OH excluding ortho intramolecular Hbond substituents is 1. The fourth-order valence-corrected chi connectivity index (χ4v) is 3.21. The molecule has 4 nitrogen and oxygen atoms in total. The predicted molar refractivity (Wildman–Crippen MR) is 76.0 cm³/mol. The molecule has 20 heavy (non-hydrogen) atoms. The molecule has 0 radical (unpaired) electrons. The largest absolute Gasteiger partial charge is 0.505 e. The third kappa shape index (κ3) is 1.91. The second-order valence-electron chi connectivity index (χ2n) is 4.93. The number of rotatable bonds is 1. The second-order valence-corrected chi connectivity index (χ2v) is 5.74. The van der Waals surface area contributed by atoms with Gasteiger partial charge in [-0.3, -0.25) is 9.59 Å². The van der Waals surface area contributed by atoms with Crippen LogP contribution in [0.15, 0.2) is 24.3 Å². The van der Waals surface area contributed by atoms with E-state index in [2.05, 4.69) is 0 Å². The van der Waals surface area contributed by atoms with Gasteiger partial charge in [-0.25, -0.2) is 4.90 Å². The van der Waals surface area contributed by atoms with E-state index in [9.17, 15) is 14.7 Å². The maximum Gasteiger partial charge on any atom is 0.238 e. The molecule has 1 N–H and O–H groups in total. The minimum atomic E-state index is -0.307. The monoisotopic (exact) mass is 311 g/mol. The fourth-order valence-electron chi connectivity index (χ4n) is 2.74. The maximum absolute atomic E-state index is 12.4. The maximum atomic E-state index is 12.4. The molecule has 0 saturated carbocycles. The van der Waals surface area contributed by atoms with Gasteiger partial charge in [0, 0.05) is 0 Å². The highest BCUT2D eigenvalue weighted by molar-refractivity contribution is 6.38. The Bertz CT molecular complexity index is 592. The van der Waals surface area contributed by atoms with E-state index < -0.39 is 0 Å². The van der Waals surface area contributed by atoms with Gasteiger partial charge in [0.1, 0.15) is 0 Å². The average molecular weight is 312 g/mol. The number of anilines is 1. The molecule has 2 amide bonds. The number of allylic oxidation sites excluding steroid dienone is 2. The molecule has 0 aromatic heterocycles.